The van der Waals surface area contributed by atoms with Crippen LogP contribution in [0.5, 0.6) is 5.75 Å². The van der Waals surface area contributed by atoms with Crippen LogP contribution in [0.3, 0.4) is 0 Å². The van der Waals surface area contributed by atoms with Gasteiger partial charge in [-0.25, -0.2) is 0 Å². The van der Waals surface area contributed by atoms with Crippen molar-refractivity contribution in [3.63, 3.8) is 0 Å². The van der Waals surface area contributed by atoms with Gasteiger partial charge in [-0.1, -0.05) is 25.1 Å². The molecule has 2 nitrogen and oxygen atoms in total. The molecule has 1 aromatic heterocycles. The van der Waals surface area contributed by atoms with E-state index in [-0.39, 0.29) is 5.75 Å². The molecule has 0 bridgehead atoms. The first-order valence-corrected chi connectivity index (χ1v) is 6.88. The van der Waals surface area contributed by atoms with Crippen molar-refractivity contribution in [2.24, 2.45) is 0 Å². The van der Waals surface area contributed by atoms with E-state index in [4.69, 9.17) is 5.41 Å². The normalized spacial score (nSPS) is 10.6. The Morgan fingerprint density at radius 3 is 2.61 bits per heavy atom. The Morgan fingerprint density at radius 1 is 1.39 bits per heavy atom. The fourth-order valence-electron chi connectivity index (χ4n) is 2.06. The van der Waals surface area contributed by atoms with Crippen LogP contribution in [-0.4, -0.2) is 10.8 Å². The van der Waals surface area contributed by atoms with Crippen molar-refractivity contribution < 1.29 is 5.11 Å². The number of rotatable bonds is 3. The SMILES string of the molecule is CCc1ccc(-c2scc(C(C)=N)c2O)cc1C. The summed E-state index contributed by atoms with van der Waals surface area (Å²) < 4.78 is 0. The summed E-state index contributed by atoms with van der Waals surface area (Å²) in [4.78, 5) is 0.849. The highest BCUT2D eigenvalue weighted by Crippen LogP contribution is 2.39. The highest BCUT2D eigenvalue weighted by Gasteiger charge is 2.14. The van der Waals surface area contributed by atoms with Gasteiger partial charge in [-0.2, -0.15) is 0 Å². The number of hydrogen-bond donors (Lipinski definition) is 2. The lowest BCUT2D eigenvalue weighted by molar-refractivity contribution is 0.478. The maximum atomic E-state index is 10.1. The second-order valence-electron chi connectivity index (χ2n) is 4.45. The molecule has 0 saturated carbocycles. The second kappa shape index (κ2) is 4.94. The van der Waals surface area contributed by atoms with Crippen LogP contribution in [0, 0.1) is 12.3 Å². The van der Waals surface area contributed by atoms with Crippen LogP contribution in [-0.2, 0) is 6.42 Å². The van der Waals surface area contributed by atoms with E-state index in [9.17, 15) is 5.11 Å². The van der Waals surface area contributed by atoms with Crippen LogP contribution in [0.1, 0.15) is 30.5 Å². The molecular formula is C15H17NOS. The van der Waals surface area contributed by atoms with E-state index >= 15 is 0 Å². The van der Waals surface area contributed by atoms with Crippen molar-refractivity contribution in [1.29, 1.82) is 5.41 Å². The summed E-state index contributed by atoms with van der Waals surface area (Å²) in [7, 11) is 0. The van der Waals surface area contributed by atoms with E-state index in [0.29, 0.717) is 11.3 Å². The highest BCUT2D eigenvalue weighted by molar-refractivity contribution is 7.14. The van der Waals surface area contributed by atoms with Gasteiger partial charge < -0.3 is 10.5 Å². The first-order chi connectivity index (χ1) is 8.54. The third kappa shape index (κ3) is 2.18. The topological polar surface area (TPSA) is 44.1 Å². The summed E-state index contributed by atoms with van der Waals surface area (Å²) in [5, 5.41) is 19.6. The molecule has 2 rings (SSSR count). The number of benzene rings is 1. The van der Waals surface area contributed by atoms with E-state index in [1.54, 1.807) is 6.92 Å². The summed E-state index contributed by atoms with van der Waals surface area (Å²) >= 11 is 1.49. The molecule has 0 atom stereocenters. The predicted octanol–water partition coefficient (Wildman–Crippen LogP) is 4.38. The van der Waals surface area contributed by atoms with Gasteiger partial charge >= 0.3 is 0 Å². The van der Waals surface area contributed by atoms with Crippen molar-refractivity contribution in [3.05, 3.63) is 40.3 Å². The minimum Gasteiger partial charge on any atom is -0.506 e. The van der Waals surface area contributed by atoms with Crippen molar-refractivity contribution in [3.8, 4) is 16.2 Å². The number of thiophene rings is 1. The standard InChI is InChI=1S/C15H17NOS/c1-4-11-5-6-12(7-9(11)2)15-14(17)13(8-18-15)10(3)16/h5-8,16-17H,4H2,1-3H3. The maximum absolute atomic E-state index is 10.1. The third-order valence-corrected chi connectivity index (χ3v) is 4.17. The summed E-state index contributed by atoms with van der Waals surface area (Å²) in [6.45, 7) is 5.92. The van der Waals surface area contributed by atoms with Crippen LogP contribution >= 0.6 is 11.3 Å². The Labute approximate surface area is 111 Å². The van der Waals surface area contributed by atoms with E-state index in [2.05, 4.69) is 26.0 Å². The van der Waals surface area contributed by atoms with Gasteiger partial charge in [0.2, 0.25) is 0 Å². The number of nitrogens with one attached hydrogen (secondary N) is 1. The number of aryl methyl sites for hydroxylation is 2. The molecule has 1 aromatic carbocycles. The molecular weight excluding hydrogens is 242 g/mol. The Kier molecular flexibility index (Phi) is 3.53. The molecule has 94 valence electrons. The maximum Gasteiger partial charge on any atom is 0.143 e. The van der Waals surface area contributed by atoms with E-state index in [0.717, 1.165) is 16.9 Å². The number of hydrogen-bond acceptors (Lipinski definition) is 3. The van der Waals surface area contributed by atoms with E-state index < -0.39 is 0 Å². The molecule has 1 heterocycles. The van der Waals surface area contributed by atoms with Crippen molar-refractivity contribution in [2.75, 3.05) is 0 Å². The summed E-state index contributed by atoms with van der Waals surface area (Å²) in [5.74, 6) is 0.233. The van der Waals surface area contributed by atoms with Gasteiger partial charge in [0, 0.05) is 16.7 Å². The average Bonchev–Trinajstić information content (AvgIpc) is 2.71. The van der Waals surface area contributed by atoms with Gasteiger partial charge in [0.25, 0.3) is 0 Å². The van der Waals surface area contributed by atoms with Crippen molar-refractivity contribution in [1.82, 2.24) is 0 Å². The zero-order chi connectivity index (χ0) is 13.3. The summed E-state index contributed by atoms with van der Waals surface area (Å²) in [5.41, 5.74) is 4.64. The lowest BCUT2D eigenvalue weighted by Crippen LogP contribution is -1.89. The molecule has 18 heavy (non-hydrogen) atoms. The Morgan fingerprint density at radius 2 is 2.11 bits per heavy atom. The van der Waals surface area contributed by atoms with Gasteiger partial charge in [-0.05, 0) is 37.0 Å². The molecule has 0 aliphatic heterocycles. The lowest BCUT2D eigenvalue weighted by atomic mass is 10.0. The van der Waals surface area contributed by atoms with Gasteiger partial charge in [0.05, 0.1) is 4.88 Å². The average molecular weight is 259 g/mol. The minimum absolute atomic E-state index is 0.233. The molecule has 0 spiro atoms. The van der Waals surface area contributed by atoms with Crippen LogP contribution in [0.4, 0.5) is 0 Å². The fourth-order valence-corrected chi connectivity index (χ4v) is 3.07. The molecule has 0 saturated heterocycles. The summed E-state index contributed by atoms with van der Waals surface area (Å²) in [6.07, 6.45) is 1.02. The molecule has 0 fully saturated rings. The molecule has 0 amide bonds. The van der Waals surface area contributed by atoms with Gasteiger partial charge in [-0.15, -0.1) is 11.3 Å². The molecule has 0 unspecified atom stereocenters. The number of aromatic hydroxyl groups is 1. The smallest absolute Gasteiger partial charge is 0.143 e. The van der Waals surface area contributed by atoms with Crippen molar-refractivity contribution >= 4 is 17.0 Å². The third-order valence-electron chi connectivity index (χ3n) is 3.15. The lowest BCUT2D eigenvalue weighted by Gasteiger charge is -2.06. The highest BCUT2D eigenvalue weighted by atomic mass is 32.1. The Balaban J connectivity index is 2.49. The quantitative estimate of drug-likeness (QED) is 0.789. The zero-order valence-electron chi connectivity index (χ0n) is 10.9. The molecule has 2 N–H and O–H groups in total. The van der Waals surface area contributed by atoms with Crippen LogP contribution < -0.4 is 0 Å². The largest absolute Gasteiger partial charge is 0.506 e. The van der Waals surface area contributed by atoms with E-state index in [1.807, 2.05) is 11.4 Å². The molecule has 0 radical (unpaired) electrons. The predicted molar refractivity (Wildman–Crippen MR) is 78.0 cm³/mol. The van der Waals surface area contributed by atoms with Crippen LogP contribution in [0.2, 0.25) is 0 Å². The minimum atomic E-state index is 0.233. The van der Waals surface area contributed by atoms with Crippen LogP contribution in [0.15, 0.2) is 23.6 Å². The van der Waals surface area contributed by atoms with Gasteiger partial charge in [-0.3, -0.25) is 0 Å². The zero-order valence-corrected chi connectivity index (χ0v) is 11.7. The molecule has 0 aliphatic carbocycles. The van der Waals surface area contributed by atoms with Crippen LogP contribution in [0.25, 0.3) is 10.4 Å². The van der Waals surface area contributed by atoms with E-state index in [1.165, 1.54) is 22.5 Å². The monoisotopic (exact) mass is 259 g/mol. The molecule has 2 aromatic rings. The second-order valence-corrected chi connectivity index (χ2v) is 5.33. The first kappa shape index (κ1) is 12.8. The van der Waals surface area contributed by atoms with Gasteiger partial charge in [0.1, 0.15) is 5.75 Å². The van der Waals surface area contributed by atoms with Gasteiger partial charge in [0.15, 0.2) is 0 Å². The Bertz CT molecular complexity index is 599. The summed E-state index contributed by atoms with van der Waals surface area (Å²) in [6, 6.07) is 6.26. The Hall–Kier alpha value is -1.61. The molecule has 3 heteroatoms. The fraction of sp³-hybridized carbons (Fsp3) is 0.267. The molecule has 0 aliphatic rings. The van der Waals surface area contributed by atoms with Crippen molar-refractivity contribution in [2.45, 2.75) is 27.2 Å². The first-order valence-electron chi connectivity index (χ1n) is 6.00.